The second-order valence-electron chi connectivity index (χ2n) is 2.96. The molecule has 0 atom stereocenters. The van der Waals surface area contributed by atoms with Gasteiger partial charge >= 0.3 is 0 Å². The maximum atomic E-state index is 13.2. The Kier molecular flexibility index (Phi) is 3.23. The minimum absolute atomic E-state index is 0.231. The average Bonchev–Trinajstić information content (AvgIpc) is 2.67. The van der Waals surface area contributed by atoms with E-state index in [1.54, 1.807) is 6.20 Å². The summed E-state index contributed by atoms with van der Waals surface area (Å²) in [5.74, 6) is -0.231. The first-order valence-corrected chi connectivity index (χ1v) is 4.79. The highest BCUT2D eigenvalue weighted by Crippen LogP contribution is 2.21. The van der Waals surface area contributed by atoms with Crippen LogP contribution in [0.5, 0.6) is 0 Å². The van der Waals surface area contributed by atoms with Crippen LogP contribution in [0.15, 0.2) is 12.3 Å². The number of aromatic nitrogens is 2. The molecule has 0 saturated carbocycles. The Morgan fingerprint density at radius 1 is 1.29 bits per heavy atom. The number of H-pyrrole nitrogens is 1. The standard InChI is InChI=1S/C9H9FN2.C2H6/c1-5-3-8(10)9-7(6(5)2)4-11-12-9;1-2/h3-4H,1-2H3,(H,11,12);1-2H3. The lowest BCUT2D eigenvalue weighted by molar-refractivity contribution is 0.635. The third-order valence-corrected chi connectivity index (χ3v) is 2.22. The molecule has 0 fully saturated rings. The Bertz CT molecular complexity index is 432. The van der Waals surface area contributed by atoms with Crippen molar-refractivity contribution < 1.29 is 4.39 Å². The first-order valence-electron chi connectivity index (χ1n) is 4.79. The summed E-state index contributed by atoms with van der Waals surface area (Å²) in [5, 5.41) is 7.30. The Morgan fingerprint density at radius 2 is 1.93 bits per heavy atom. The van der Waals surface area contributed by atoms with E-state index < -0.39 is 0 Å². The molecule has 1 aromatic carbocycles. The lowest BCUT2D eigenvalue weighted by Gasteiger charge is -2.00. The fraction of sp³-hybridized carbons (Fsp3) is 0.364. The number of rotatable bonds is 0. The molecule has 14 heavy (non-hydrogen) atoms. The third-order valence-electron chi connectivity index (χ3n) is 2.22. The van der Waals surface area contributed by atoms with Gasteiger partial charge in [-0.3, -0.25) is 5.10 Å². The lowest BCUT2D eigenvalue weighted by atomic mass is 10.1. The van der Waals surface area contributed by atoms with Crippen molar-refractivity contribution in [2.75, 3.05) is 0 Å². The number of nitrogens with one attached hydrogen (secondary N) is 1. The molecule has 1 heterocycles. The van der Waals surface area contributed by atoms with Crippen molar-refractivity contribution in [1.82, 2.24) is 10.2 Å². The highest BCUT2D eigenvalue weighted by molar-refractivity contribution is 5.83. The minimum Gasteiger partial charge on any atom is -0.275 e. The van der Waals surface area contributed by atoms with Crippen molar-refractivity contribution in [1.29, 1.82) is 0 Å². The molecule has 0 spiro atoms. The van der Waals surface area contributed by atoms with Crippen LogP contribution in [0.1, 0.15) is 25.0 Å². The normalized spacial score (nSPS) is 9.79. The van der Waals surface area contributed by atoms with Crippen LogP contribution in [-0.2, 0) is 0 Å². The van der Waals surface area contributed by atoms with Gasteiger partial charge in [-0.05, 0) is 31.0 Å². The van der Waals surface area contributed by atoms with Gasteiger partial charge in [0, 0.05) is 5.39 Å². The van der Waals surface area contributed by atoms with Crippen molar-refractivity contribution in [3.05, 3.63) is 29.2 Å². The lowest BCUT2D eigenvalue weighted by Crippen LogP contribution is -1.86. The van der Waals surface area contributed by atoms with Crippen LogP contribution in [0, 0.1) is 19.7 Å². The van der Waals surface area contributed by atoms with E-state index in [0.717, 1.165) is 16.5 Å². The Balaban J connectivity index is 0.000000461. The van der Waals surface area contributed by atoms with Crippen LogP contribution in [0.4, 0.5) is 4.39 Å². The smallest absolute Gasteiger partial charge is 0.149 e. The SMILES string of the molecule is CC.Cc1cc(F)c2[nH]ncc2c1C. The zero-order valence-electron chi connectivity index (χ0n) is 8.98. The van der Waals surface area contributed by atoms with Crippen molar-refractivity contribution in [3.8, 4) is 0 Å². The van der Waals surface area contributed by atoms with Crippen LogP contribution < -0.4 is 0 Å². The first kappa shape index (κ1) is 10.7. The number of hydrogen-bond donors (Lipinski definition) is 1. The molecular formula is C11H15FN2. The second kappa shape index (κ2) is 4.22. The van der Waals surface area contributed by atoms with Crippen molar-refractivity contribution in [2.24, 2.45) is 0 Å². The number of nitrogens with zero attached hydrogens (tertiary/aromatic N) is 1. The second-order valence-corrected chi connectivity index (χ2v) is 2.96. The largest absolute Gasteiger partial charge is 0.275 e. The predicted octanol–water partition coefficient (Wildman–Crippen LogP) is 3.35. The molecule has 0 aliphatic carbocycles. The maximum Gasteiger partial charge on any atom is 0.149 e. The molecule has 0 aliphatic heterocycles. The van der Waals surface area contributed by atoms with E-state index in [2.05, 4.69) is 10.2 Å². The summed E-state index contributed by atoms with van der Waals surface area (Å²) in [6.07, 6.45) is 1.65. The van der Waals surface area contributed by atoms with Gasteiger partial charge in [0.15, 0.2) is 0 Å². The Labute approximate surface area is 83.1 Å². The van der Waals surface area contributed by atoms with Crippen molar-refractivity contribution in [2.45, 2.75) is 27.7 Å². The molecule has 76 valence electrons. The highest BCUT2D eigenvalue weighted by atomic mass is 19.1. The minimum atomic E-state index is -0.231. The Morgan fingerprint density at radius 3 is 2.57 bits per heavy atom. The quantitative estimate of drug-likeness (QED) is 0.684. The van der Waals surface area contributed by atoms with Gasteiger partial charge in [-0.1, -0.05) is 13.8 Å². The summed E-state index contributed by atoms with van der Waals surface area (Å²) in [4.78, 5) is 0. The summed E-state index contributed by atoms with van der Waals surface area (Å²) < 4.78 is 13.2. The van der Waals surface area contributed by atoms with E-state index >= 15 is 0 Å². The van der Waals surface area contributed by atoms with E-state index in [-0.39, 0.29) is 5.82 Å². The summed E-state index contributed by atoms with van der Waals surface area (Å²) in [5.41, 5.74) is 2.54. The van der Waals surface area contributed by atoms with Gasteiger partial charge in [0.2, 0.25) is 0 Å². The summed E-state index contributed by atoms with van der Waals surface area (Å²) in [6, 6.07) is 1.52. The first-order chi connectivity index (χ1) is 6.70. The molecule has 0 saturated heterocycles. The zero-order chi connectivity index (χ0) is 10.7. The molecule has 0 amide bonds. The van der Waals surface area contributed by atoms with Gasteiger partial charge in [-0.2, -0.15) is 5.10 Å². The maximum absolute atomic E-state index is 13.2. The van der Waals surface area contributed by atoms with Crippen LogP contribution in [-0.4, -0.2) is 10.2 Å². The number of aromatic amines is 1. The van der Waals surface area contributed by atoms with Crippen LogP contribution in [0.3, 0.4) is 0 Å². The van der Waals surface area contributed by atoms with E-state index in [4.69, 9.17) is 0 Å². The zero-order valence-corrected chi connectivity index (χ0v) is 8.98. The molecule has 3 heteroatoms. The number of hydrogen-bond acceptors (Lipinski definition) is 1. The summed E-state index contributed by atoms with van der Waals surface area (Å²) in [6.45, 7) is 7.86. The van der Waals surface area contributed by atoms with E-state index in [1.165, 1.54) is 6.07 Å². The number of aryl methyl sites for hydroxylation is 2. The van der Waals surface area contributed by atoms with Gasteiger partial charge in [0.1, 0.15) is 11.3 Å². The molecule has 0 radical (unpaired) electrons. The monoisotopic (exact) mass is 194 g/mol. The van der Waals surface area contributed by atoms with E-state index in [9.17, 15) is 4.39 Å². The van der Waals surface area contributed by atoms with E-state index in [0.29, 0.717) is 5.52 Å². The molecule has 1 aromatic heterocycles. The third kappa shape index (κ3) is 1.62. The fourth-order valence-electron chi connectivity index (χ4n) is 1.34. The average molecular weight is 194 g/mol. The van der Waals surface area contributed by atoms with Crippen molar-refractivity contribution in [3.63, 3.8) is 0 Å². The molecule has 2 nitrogen and oxygen atoms in total. The summed E-state index contributed by atoms with van der Waals surface area (Å²) >= 11 is 0. The molecular weight excluding hydrogens is 179 g/mol. The molecule has 1 N–H and O–H groups in total. The number of benzene rings is 1. The fourth-order valence-corrected chi connectivity index (χ4v) is 1.34. The van der Waals surface area contributed by atoms with Gasteiger partial charge in [-0.25, -0.2) is 4.39 Å². The summed E-state index contributed by atoms with van der Waals surface area (Å²) in [7, 11) is 0. The van der Waals surface area contributed by atoms with Gasteiger partial charge in [0.05, 0.1) is 6.20 Å². The predicted molar refractivity (Wildman–Crippen MR) is 56.9 cm³/mol. The van der Waals surface area contributed by atoms with Crippen LogP contribution >= 0.6 is 0 Å². The van der Waals surface area contributed by atoms with Gasteiger partial charge in [-0.15, -0.1) is 0 Å². The van der Waals surface area contributed by atoms with Gasteiger partial charge in [0.25, 0.3) is 0 Å². The Hall–Kier alpha value is -1.38. The van der Waals surface area contributed by atoms with E-state index in [1.807, 2.05) is 27.7 Å². The molecule has 0 unspecified atom stereocenters. The van der Waals surface area contributed by atoms with Crippen LogP contribution in [0.2, 0.25) is 0 Å². The molecule has 0 bridgehead atoms. The highest BCUT2D eigenvalue weighted by Gasteiger charge is 2.07. The van der Waals surface area contributed by atoms with Crippen molar-refractivity contribution >= 4 is 10.9 Å². The van der Waals surface area contributed by atoms with Crippen LogP contribution in [0.25, 0.3) is 10.9 Å². The molecule has 2 rings (SSSR count). The van der Waals surface area contributed by atoms with Gasteiger partial charge < -0.3 is 0 Å². The molecule has 2 aromatic rings. The number of halogens is 1. The molecule has 0 aliphatic rings. The topological polar surface area (TPSA) is 28.7 Å². The number of fused-ring (bicyclic) bond motifs is 1.